The van der Waals surface area contributed by atoms with Gasteiger partial charge in [-0.1, -0.05) is 31.9 Å². The minimum absolute atomic E-state index is 0.241. The molecule has 2 fully saturated rings. The zero-order valence-electron chi connectivity index (χ0n) is 8.34. The highest BCUT2D eigenvalue weighted by Gasteiger charge is 2.48. The van der Waals surface area contributed by atoms with Crippen LogP contribution in [0.15, 0.2) is 12.2 Å². The Hall–Kier alpha value is -0.340. The van der Waals surface area contributed by atoms with Gasteiger partial charge < -0.3 is 9.47 Å². The molecule has 2 heteroatoms. The molecule has 0 radical (unpaired) electrons. The molecular formula is C11H18O2. The Morgan fingerprint density at radius 3 is 2.92 bits per heavy atom. The molecule has 0 amide bonds. The molecule has 1 aliphatic carbocycles. The summed E-state index contributed by atoms with van der Waals surface area (Å²) in [5.74, 6) is -0.241. The topological polar surface area (TPSA) is 18.5 Å². The molecule has 13 heavy (non-hydrogen) atoms. The van der Waals surface area contributed by atoms with Crippen molar-refractivity contribution < 1.29 is 9.47 Å². The highest BCUT2D eigenvalue weighted by molar-refractivity contribution is 5.14. The van der Waals surface area contributed by atoms with Gasteiger partial charge in [-0.2, -0.15) is 0 Å². The molecule has 74 valence electrons. The zero-order valence-corrected chi connectivity index (χ0v) is 8.34. The molecule has 0 aromatic rings. The van der Waals surface area contributed by atoms with E-state index in [1.54, 1.807) is 0 Å². The third kappa shape index (κ3) is 1.79. The largest absolute Gasteiger partial charge is 0.347 e. The first-order valence-electron chi connectivity index (χ1n) is 5.22. The van der Waals surface area contributed by atoms with Crippen molar-refractivity contribution in [3.05, 3.63) is 12.2 Å². The molecule has 2 aliphatic rings. The van der Waals surface area contributed by atoms with Gasteiger partial charge in [-0.3, -0.25) is 0 Å². The maximum atomic E-state index is 5.87. The molecule has 1 aliphatic heterocycles. The molecule has 0 aromatic carbocycles. The molecule has 1 unspecified atom stereocenters. The zero-order chi connectivity index (χ0) is 9.31. The minimum atomic E-state index is -0.241. The summed E-state index contributed by atoms with van der Waals surface area (Å²) >= 11 is 0. The van der Waals surface area contributed by atoms with Gasteiger partial charge in [0.1, 0.15) is 0 Å². The lowest BCUT2D eigenvalue weighted by molar-refractivity contribution is -0.193. The summed E-state index contributed by atoms with van der Waals surface area (Å²) in [7, 11) is 0. The quantitative estimate of drug-likeness (QED) is 0.625. The van der Waals surface area contributed by atoms with Crippen LogP contribution in [0.3, 0.4) is 0 Å². The van der Waals surface area contributed by atoms with Crippen LogP contribution in [0.4, 0.5) is 0 Å². The summed E-state index contributed by atoms with van der Waals surface area (Å²) in [4.78, 5) is 0. The normalized spacial score (nSPS) is 30.8. The Morgan fingerprint density at radius 1 is 1.54 bits per heavy atom. The Balaban J connectivity index is 1.78. The van der Waals surface area contributed by atoms with Crippen LogP contribution in [0.2, 0.25) is 0 Å². The first kappa shape index (κ1) is 9.22. The monoisotopic (exact) mass is 182 g/mol. The van der Waals surface area contributed by atoms with Crippen LogP contribution in [0.1, 0.15) is 39.0 Å². The van der Waals surface area contributed by atoms with Crippen molar-refractivity contribution >= 4 is 0 Å². The van der Waals surface area contributed by atoms with Crippen LogP contribution in [0.5, 0.6) is 0 Å². The average molecular weight is 182 g/mol. The second kappa shape index (κ2) is 3.43. The molecular weight excluding hydrogens is 164 g/mol. The number of unbranched alkanes of at least 4 members (excludes halogenated alkanes) is 1. The maximum Gasteiger partial charge on any atom is 0.176 e. The van der Waals surface area contributed by atoms with Gasteiger partial charge >= 0.3 is 0 Å². The van der Waals surface area contributed by atoms with Gasteiger partial charge in [0.15, 0.2) is 5.79 Å². The van der Waals surface area contributed by atoms with Crippen molar-refractivity contribution in [1.29, 1.82) is 0 Å². The van der Waals surface area contributed by atoms with E-state index in [2.05, 4.69) is 13.5 Å². The van der Waals surface area contributed by atoms with Crippen molar-refractivity contribution in [1.82, 2.24) is 0 Å². The van der Waals surface area contributed by atoms with E-state index in [0.717, 1.165) is 25.9 Å². The summed E-state index contributed by atoms with van der Waals surface area (Å²) in [6.07, 6.45) is 5.79. The predicted octanol–water partition coefficient (Wildman–Crippen LogP) is 2.64. The van der Waals surface area contributed by atoms with Gasteiger partial charge in [0.25, 0.3) is 0 Å². The van der Waals surface area contributed by atoms with Crippen molar-refractivity contribution in [2.75, 3.05) is 6.61 Å². The molecule has 1 atom stereocenters. The molecule has 1 spiro atoms. The highest BCUT2D eigenvalue weighted by atomic mass is 16.7. The SMILES string of the molecule is C=C1CC2(C1)OCC(CCCC)O2. The Bertz CT molecular complexity index is 202. The smallest absolute Gasteiger partial charge is 0.176 e. The molecule has 2 nitrogen and oxygen atoms in total. The van der Waals surface area contributed by atoms with E-state index in [4.69, 9.17) is 9.47 Å². The average Bonchev–Trinajstić information content (AvgIpc) is 2.45. The molecule has 2 rings (SSSR count). The summed E-state index contributed by atoms with van der Waals surface area (Å²) in [6, 6.07) is 0. The standard InChI is InChI=1S/C11H18O2/c1-3-4-5-10-8-12-11(13-10)6-9(2)7-11/h10H,2-8H2,1H3. The van der Waals surface area contributed by atoms with Crippen molar-refractivity contribution in [2.45, 2.75) is 50.9 Å². The molecule has 0 N–H and O–H groups in total. The van der Waals surface area contributed by atoms with E-state index in [0.29, 0.717) is 6.10 Å². The Labute approximate surface area is 79.9 Å². The van der Waals surface area contributed by atoms with Gasteiger partial charge in [-0.25, -0.2) is 0 Å². The van der Waals surface area contributed by atoms with Gasteiger partial charge in [-0.15, -0.1) is 0 Å². The van der Waals surface area contributed by atoms with Crippen LogP contribution >= 0.6 is 0 Å². The number of hydrogen-bond acceptors (Lipinski definition) is 2. The number of rotatable bonds is 3. The van der Waals surface area contributed by atoms with E-state index in [-0.39, 0.29) is 5.79 Å². The van der Waals surface area contributed by atoms with Crippen LogP contribution in [-0.2, 0) is 9.47 Å². The number of ether oxygens (including phenoxy) is 2. The van der Waals surface area contributed by atoms with Crippen molar-refractivity contribution in [3.63, 3.8) is 0 Å². The van der Waals surface area contributed by atoms with Crippen LogP contribution < -0.4 is 0 Å². The lowest BCUT2D eigenvalue weighted by Gasteiger charge is -2.38. The molecule has 1 saturated carbocycles. The second-order valence-corrected chi connectivity index (χ2v) is 4.21. The van der Waals surface area contributed by atoms with Gasteiger partial charge in [0.2, 0.25) is 0 Å². The molecule has 1 saturated heterocycles. The summed E-state index contributed by atoms with van der Waals surface area (Å²) in [6.45, 7) is 6.90. The first-order chi connectivity index (χ1) is 6.24. The maximum absolute atomic E-state index is 5.87. The van der Waals surface area contributed by atoms with Gasteiger partial charge in [0.05, 0.1) is 12.7 Å². The number of hydrogen-bond donors (Lipinski definition) is 0. The highest BCUT2D eigenvalue weighted by Crippen LogP contribution is 2.45. The molecule has 1 heterocycles. The van der Waals surface area contributed by atoms with Gasteiger partial charge in [0, 0.05) is 12.8 Å². The van der Waals surface area contributed by atoms with Crippen molar-refractivity contribution in [3.8, 4) is 0 Å². The summed E-state index contributed by atoms with van der Waals surface area (Å²) < 4.78 is 11.5. The summed E-state index contributed by atoms with van der Waals surface area (Å²) in [5.41, 5.74) is 1.26. The van der Waals surface area contributed by atoms with E-state index in [1.807, 2.05) is 0 Å². The predicted molar refractivity (Wildman–Crippen MR) is 51.5 cm³/mol. The van der Waals surface area contributed by atoms with Crippen molar-refractivity contribution in [2.24, 2.45) is 0 Å². The summed E-state index contributed by atoms with van der Waals surface area (Å²) in [5, 5.41) is 0. The molecule has 0 bridgehead atoms. The van der Waals surface area contributed by atoms with Crippen LogP contribution in [0.25, 0.3) is 0 Å². The first-order valence-corrected chi connectivity index (χ1v) is 5.22. The van der Waals surface area contributed by atoms with E-state index in [1.165, 1.54) is 18.4 Å². The van der Waals surface area contributed by atoms with E-state index in [9.17, 15) is 0 Å². The van der Waals surface area contributed by atoms with E-state index < -0.39 is 0 Å². The molecule has 0 aromatic heterocycles. The van der Waals surface area contributed by atoms with Crippen LogP contribution in [0, 0.1) is 0 Å². The fourth-order valence-electron chi connectivity index (χ4n) is 2.09. The lowest BCUT2D eigenvalue weighted by atomic mass is 9.86. The fourth-order valence-corrected chi connectivity index (χ4v) is 2.09. The van der Waals surface area contributed by atoms with E-state index >= 15 is 0 Å². The second-order valence-electron chi connectivity index (χ2n) is 4.21. The minimum Gasteiger partial charge on any atom is -0.347 e. The van der Waals surface area contributed by atoms with Crippen LogP contribution in [-0.4, -0.2) is 18.5 Å². The Kier molecular flexibility index (Phi) is 2.43. The third-order valence-electron chi connectivity index (χ3n) is 2.83. The Morgan fingerprint density at radius 2 is 2.31 bits per heavy atom. The lowest BCUT2D eigenvalue weighted by Crippen LogP contribution is -2.40. The fraction of sp³-hybridized carbons (Fsp3) is 0.818. The third-order valence-corrected chi connectivity index (χ3v) is 2.83. The van der Waals surface area contributed by atoms with Gasteiger partial charge in [-0.05, 0) is 6.42 Å².